The number of ether oxygens (including phenoxy) is 2. The fraction of sp³-hybridized carbons (Fsp3) is 0.900. The van der Waals surface area contributed by atoms with Crippen LogP contribution < -0.4 is 0 Å². The van der Waals surface area contributed by atoms with Crippen molar-refractivity contribution >= 4 is 0 Å². The average Bonchev–Trinajstić information content (AvgIpc) is 2.62. The van der Waals surface area contributed by atoms with Gasteiger partial charge in [-0.15, -0.1) is 6.58 Å². The van der Waals surface area contributed by atoms with E-state index in [1.54, 1.807) is 0 Å². The van der Waals surface area contributed by atoms with Crippen molar-refractivity contribution in [3.05, 3.63) is 12.7 Å². The first-order valence-electron chi connectivity index (χ1n) is 10.0. The lowest BCUT2D eigenvalue weighted by atomic mass is 10.0. The Morgan fingerprint density at radius 3 is 2.00 bits per heavy atom. The van der Waals surface area contributed by atoms with E-state index in [4.69, 9.17) is 14.6 Å². The molecule has 0 bridgehead atoms. The standard InChI is InChI=1S/C20H38O5/c1-2-3-4-5-6-7-8-9-10-11-12-13-14-24-18-16-25-17(15-21)19(22)20(18)23/h2,17-23H,1,3-16H2/t17-,18+,19-,20-/m1/s1. The van der Waals surface area contributed by atoms with Crippen molar-refractivity contribution in [2.75, 3.05) is 19.8 Å². The topological polar surface area (TPSA) is 79.2 Å². The minimum atomic E-state index is -1.08. The number of hydrogen-bond donors (Lipinski definition) is 3. The van der Waals surface area contributed by atoms with Crippen LogP contribution in [-0.4, -0.2) is 59.6 Å². The molecule has 1 fully saturated rings. The Hall–Kier alpha value is -0.460. The van der Waals surface area contributed by atoms with Crippen molar-refractivity contribution < 1.29 is 24.8 Å². The largest absolute Gasteiger partial charge is 0.394 e. The first kappa shape index (κ1) is 22.6. The minimum absolute atomic E-state index is 0.219. The van der Waals surface area contributed by atoms with Crippen LogP contribution in [0.2, 0.25) is 0 Å². The van der Waals surface area contributed by atoms with E-state index in [0.29, 0.717) is 6.61 Å². The molecule has 5 heteroatoms. The molecule has 0 aromatic rings. The molecule has 0 radical (unpaired) electrons. The first-order valence-corrected chi connectivity index (χ1v) is 10.0. The van der Waals surface area contributed by atoms with Crippen molar-refractivity contribution in [3.8, 4) is 0 Å². The van der Waals surface area contributed by atoms with Gasteiger partial charge in [-0.05, 0) is 19.3 Å². The zero-order chi connectivity index (χ0) is 18.3. The molecule has 1 rings (SSSR count). The highest BCUT2D eigenvalue weighted by molar-refractivity contribution is 4.87. The van der Waals surface area contributed by atoms with E-state index in [9.17, 15) is 10.2 Å². The summed E-state index contributed by atoms with van der Waals surface area (Å²) >= 11 is 0. The normalized spacial score (nSPS) is 26.7. The third kappa shape index (κ3) is 9.71. The van der Waals surface area contributed by atoms with E-state index in [0.717, 1.165) is 19.3 Å². The number of rotatable bonds is 15. The Kier molecular flexibility index (Phi) is 13.3. The maximum Gasteiger partial charge on any atom is 0.111 e. The van der Waals surface area contributed by atoms with Crippen LogP contribution in [-0.2, 0) is 9.47 Å². The summed E-state index contributed by atoms with van der Waals surface area (Å²) in [4.78, 5) is 0. The van der Waals surface area contributed by atoms with E-state index >= 15 is 0 Å². The summed E-state index contributed by atoms with van der Waals surface area (Å²) in [6, 6.07) is 0. The van der Waals surface area contributed by atoms with Crippen LogP contribution >= 0.6 is 0 Å². The summed E-state index contributed by atoms with van der Waals surface area (Å²) in [7, 11) is 0. The van der Waals surface area contributed by atoms with E-state index < -0.39 is 24.4 Å². The van der Waals surface area contributed by atoms with Gasteiger partial charge in [0.1, 0.15) is 24.4 Å². The molecule has 5 nitrogen and oxygen atoms in total. The second-order valence-electron chi connectivity index (χ2n) is 7.06. The van der Waals surface area contributed by atoms with Crippen molar-refractivity contribution in [2.45, 2.75) is 95.0 Å². The number of hydrogen-bond acceptors (Lipinski definition) is 5. The number of aliphatic hydroxyl groups is 3. The Morgan fingerprint density at radius 1 is 0.880 bits per heavy atom. The smallest absolute Gasteiger partial charge is 0.111 e. The molecule has 0 spiro atoms. The number of unbranched alkanes of at least 4 members (excludes halogenated alkanes) is 10. The van der Waals surface area contributed by atoms with E-state index in [2.05, 4.69) is 6.58 Å². The van der Waals surface area contributed by atoms with Crippen LogP contribution in [0.5, 0.6) is 0 Å². The van der Waals surface area contributed by atoms with Crippen LogP contribution in [0.3, 0.4) is 0 Å². The summed E-state index contributed by atoms with van der Waals surface area (Å²) in [6.07, 6.45) is 12.4. The molecule has 0 unspecified atom stereocenters. The van der Waals surface area contributed by atoms with Gasteiger partial charge >= 0.3 is 0 Å². The van der Waals surface area contributed by atoms with Gasteiger partial charge in [0.05, 0.1) is 13.2 Å². The fourth-order valence-electron chi connectivity index (χ4n) is 3.20. The second-order valence-corrected chi connectivity index (χ2v) is 7.06. The predicted molar refractivity (Wildman–Crippen MR) is 99.6 cm³/mol. The molecule has 25 heavy (non-hydrogen) atoms. The van der Waals surface area contributed by atoms with Gasteiger partial charge in [0, 0.05) is 6.61 Å². The molecule has 1 heterocycles. The number of aliphatic hydroxyl groups excluding tert-OH is 3. The summed E-state index contributed by atoms with van der Waals surface area (Å²) in [6.45, 7) is 4.24. The summed E-state index contributed by atoms with van der Waals surface area (Å²) in [5, 5.41) is 28.8. The second kappa shape index (κ2) is 14.7. The Balaban J connectivity index is 1.88. The highest BCUT2D eigenvalue weighted by atomic mass is 16.6. The zero-order valence-corrected chi connectivity index (χ0v) is 15.7. The highest BCUT2D eigenvalue weighted by Crippen LogP contribution is 2.18. The molecular formula is C20H38O5. The van der Waals surface area contributed by atoms with Crippen LogP contribution in [0, 0.1) is 0 Å². The van der Waals surface area contributed by atoms with Gasteiger partial charge in [-0.1, -0.05) is 57.4 Å². The molecule has 0 aromatic heterocycles. The third-order valence-corrected chi connectivity index (χ3v) is 4.90. The van der Waals surface area contributed by atoms with Gasteiger partial charge in [0.2, 0.25) is 0 Å². The average molecular weight is 359 g/mol. The van der Waals surface area contributed by atoms with Gasteiger partial charge in [0.25, 0.3) is 0 Å². The molecule has 0 aromatic carbocycles. The molecule has 148 valence electrons. The lowest BCUT2D eigenvalue weighted by molar-refractivity contribution is -0.208. The Labute approximate surface area is 153 Å². The zero-order valence-electron chi connectivity index (χ0n) is 15.7. The minimum Gasteiger partial charge on any atom is -0.394 e. The lowest BCUT2D eigenvalue weighted by Gasteiger charge is -2.36. The van der Waals surface area contributed by atoms with Crippen molar-refractivity contribution in [1.82, 2.24) is 0 Å². The van der Waals surface area contributed by atoms with E-state index in [1.807, 2.05) is 6.08 Å². The molecule has 1 aliphatic rings. The van der Waals surface area contributed by atoms with Gasteiger partial charge in [-0.3, -0.25) is 0 Å². The quantitative estimate of drug-likeness (QED) is 0.310. The maximum atomic E-state index is 9.96. The molecule has 1 saturated heterocycles. The SMILES string of the molecule is C=CCCCCCCCCCCCCO[C@H]1CO[C@H](CO)[C@@H](O)[C@@H]1O. The highest BCUT2D eigenvalue weighted by Gasteiger charge is 2.38. The first-order chi connectivity index (χ1) is 12.2. The van der Waals surface area contributed by atoms with E-state index in [-0.39, 0.29) is 13.2 Å². The maximum absolute atomic E-state index is 9.96. The predicted octanol–water partition coefficient (Wildman–Crippen LogP) is 2.96. The molecule has 1 aliphatic heterocycles. The van der Waals surface area contributed by atoms with Crippen molar-refractivity contribution in [3.63, 3.8) is 0 Å². The number of allylic oxidation sites excluding steroid dienone is 1. The summed E-state index contributed by atoms with van der Waals surface area (Å²) in [5.41, 5.74) is 0. The van der Waals surface area contributed by atoms with Crippen molar-refractivity contribution in [1.29, 1.82) is 0 Å². The van der Waals surface area contributed by atoms with Gasteiger partial charge < -0.3 is 24.8 Å². The van der Waals surface area contributed by atoms with Gasteiger partial charge in [-0.2, -0.15) is 0 Å². The van der Waals surface area contributed by atoms with Gasteiger partial charge in [0.15, 0.2) is 0 Å². The van der Waals surface area contributed by atoms with Crippen LogP contribution in [0.15, 0.2) is 12.7 Å². The summed E-state index contributed by atoms with van der Waals surface area (Å²) in [5.74, 6) is 0. The lowest BCUT2D eigenvalue weighted by Crippen LogP contribution is -2.55. The Morgan fingerprint density at radius 2 is 1.44 bits per heavy atom. The Bertz CT molecular complexity index is 323. The molecule has 3 N–H and O–H groups in total. The summed E-state index contributed by atoms with van der Waals surface area (Å²) < 4.78 is 10.9. The van der Waals surface area contributed by atoms with Crippen LogP contribution in [0.4, 0.5) is 0 Å². The molecule has 4 atom stereocenters. The van der Waals surface area contributed by atoms with Crippen LogP contribution in [0.1, 0.15) is 70.6 Å². The molecular weight excluding hydrogens is 320 g/mol. The van der Waals surface area contributed by atoms with Gasteiger partial charge in [-0.25, -0.2) is 0 Å². The van der Waals surface area contributed by atoms with Crippen molar-refractivity contribution in [2.24, 2.45) is 0 Å². The third-order valence-electron chi connectivity index (χ3n) is 4.90. The van der Waals surface area contributed by atoms with Crippen LogP contribution in [0.25, 0.3) is 0 Å². The molecule has 0 amide bonds. The fourth-order valence-corrected chi connectivity index (χ4v) is 3.20. The van der Waals surface area contributed by atoms with E-state index in [1.165, 1.54) is 51.4 Å². The molecule has 0 saturated carbocycles. The monoisotopic (exact) mass is 358 g/mol. The molecule has 0 aliphatic carbocycles.